The highest BCUT2D eigenvalue weighted by molar-refractivity contribution is 5.80. The fourth-order valence-electron chi connectivity index (χ4n) is 3.21. The van der Waals surface area contributed by atoms with Crippen molar-refractivity contribution in [1.82, 2.24) is 10.6 Å². The van der Waals surface area contributed by atoms with Gasteiger partial charge in [-0.1, -0.05) is 18.2 Å². The quantitative estimate of drug-likeness (QED) is 0.495. The maximum atomic E-state index is 5.86. The van der Waals surface area contributed by atoms with Gasteiger partial charge in [0.1, 0.15) is 12.4 Å². The molecule has 0 aliphatic carbocycles. The first-order valence-corrected chi connectivity index (χ1v) is 8.07. The van der Waals surface area contributed by atoms with Gasteiger partial charge >= 0.3 is 0 Å². The third-order valence-electron chi connectivity index (χ3n) is 4.40. The first-order chi connectivity index (χ1) is 10.8. The predicted octanol–water partition coefficient (Wildman–Crippen LogP) is 1.86. The van der Waals surface area contributed by atoms with Crippen LogP contribution in [-0.4, -0.2) is 44.4 Å². The Kier molecular flexibility index (Phi) is 4.83. The van der Waals surface area contributed by atoms with E-state index >= 15 is 0 Å². The Morgan fingerprint density at radius 3 is 2.91 bits per heavy atom. The molecular weight excluding hydrogens is 278 g/mol. The van der Waals surface area contributed by atoms with Gasteiger partial charge in [0.05, 0.1) is 24.8 Å². The van der Waals surface area contributed by atoms with E-state index in [9.17, 15) is 0 Å². The molecule has 0 radical (unpaired) electrons. The lowest BCUT2D eigenvalue weighted by atomic mass is 9.96. The molecule has 0 saturated carbocycles. The summed E-state index contributed by atoms with van der Waals surface area (Å²) in [4.78, 5) is 4.28. The van der Waals surface area contributed by atoms with E-state index in [1.54, 1.807) is 7.05 Å². The van der Waals surface area contributed by atoms with Crippen LogP contribution in [0.25, 0.3) is 0 Å². The molecule has 1 aromatic rings. The number of aryl methyl sites for hydroxylation is 1. The highest BCUT2D eigenvalue weighted by Crippen LogP contribution is 2.34. The summed E-state index contributed by atoms with van der Waals surface area (Å²) in [5.74, 6) is 1.77. The minimum Gasteiger partial charge on any atom is -0.491 e. The topological polar surface area (TPSA) is 54.9 Å². The van der Waals surface area contributed by atoms with Crippen molar-refractivity contribution < 1.29 is 9.47 Å². The van der Waals surface area contributed by atoms with Crippen molar-refractivity contribution in [3.05, 3.63) is 29.8 Å². The SMILES string of the molecule is CN=C(NCCOc1ccccc1C)NC1CC2CCC1O2. The van der Waals surface area contributed by atoms with Crippen LogP contribution in [0, 0.1) is 6.92 Å². The molecule has 22 heavy (non-hydrogen) atoms. The summed E-state index contributed by atoms with van der Waals surface area (Å²) in [6, 6.07) is 8.45. The Morgan fingerprint density at radius 1 is 1.36 bits per heavy atom. The molecule has 120 valence electrons. The van der Waals surface area contributed by atoms with Crippen LogP contribution in [0.3, 0.4) is 0 Å². The molecule has 0 spiro atoms. The van der Waals surface area contributed by atoms with Crippen molar-refractivity contribution in [1.29, 1.82) is 0 Å². The summed E-state index contributed by atoms with van der Waals surface area (Å²) < 4.78 is 11.6. The summed E-state index contributed by atoms with van der Waals surface area (Å²) in [5.41, 5.74) is 1.16. The number of ether oxygens (including phenoxy) is 2. The van der Waals surface area contributed by atoms with Crippen LogP contribution in [0.1, 0.15) is 24.8 Å². The summed E-state index contributed by atoms with van der Waals surface area (Å²) in [7, 11) is 1.80. The summed E-state index contributed by atoms with van der Waals surface area (Å²) in [6.45, 7) is 3.38. The van der Waals surface area contributed by atoms with E-state index < -0.39 is 0 Å². The third kappa shape index (κ3) is 3.53. The Hall–Kier alpha value is -1.75. The minimum atomic E-state index is 0.353. The zero-order valence-corrected chi connectivity index (χ0v) is 13.3. The molecule has 3 rings (SSSR count). The lowest BCUT2D eigenvalue weighted by Crippen LogP contribution is -2.48. The van der Waals surface area contributed by atoms with Gasteiger partial charge in [0, 0.05) is 7.05 Å². The maximum Gasteiger partial charge on any atom is 0.191 e. The molecule has 3 unspecified atom stereocenters. The van der Waals surface area contributed by atoms with Gasteiger partial charge in [-0.25, -0.2) is 0 Å². The molecular formula is C17H25N3O2. The standard InChI is InChI=1S/C17H25N3O2/c1-12-5-3-4-6-15(12)21-10-9-19-17(18-2)20-14-11-13-7-8-16(14)22-13/h3-6,13-14,16H,7-11H2,1-2H3,(H2,18,19,20). The van der Waals surface area contributed by atoms with Gasteiger partial charge < -0.3 is 20.1 Å². The number of guanidine groups is 1. The van der Waals surface area contributed by atoms with Crippen LogP contribution < -0.4 is 15.4 Å². The molecule has 5 nitrogen and oxygen atoms in total. The fourth-order valence-corrected chi connectivity index (χ4v) is 3.21. The van der Waals surface area contributed by atoms with Crippen molar-refractivity contribution >= 4 is 5.96 Å². The maximum absolute atomic E-state index is 5.86. The lowest BCUT2D eigenvalue weighted by molar-refractivity contribution is 0.0992. The molecule has 0 amide bonds. The molecule has 2 aliphatic rings. The van der Waals surface area contributed by atoms with Crippen molar-refractivity contribution in [2.75, 3.05) is 20.2 Å². The number of fused-ring (bicyclic) bond motifs is 2. The smallest absolute Gasteiger partial charge is 0.191 e. The van der Waals surface area contributed by atoms with Gasteiger partial charge in [0.25, 0.3) is 0 Å². The van der Waals surface area contributed by atoms with Crippen LogP contribution >= 0.6 is 0 Å². The molecule has 2 fully saturated rings. The van der Waals surface area contributed by atoms with E-state index in [-0.39, 0.29) is 0 Å². The lowest BCUT2D eigenvalue weighted by Gasteiger charge is -2.22. The molecule has 5 heteroatoms. The number of hydrogen-bond acceptors (Lipinski definition) is 3. The second-order valence-electron chi connectivity index (χ2n) is 5.97. The molecule has 2 bridgehead atoms. The van der Waals surface area contributed by atoms with Crippen molar-refractivity contribution in [3.8, 4) is 5.75 Å². The molecule has 2 heterocycles. The summed E-state index contributed by atoms with van der Waals surface area (Å²) in [5, 5.41) is 6.77. The first-order valence-electron chi connectivity index (χ1n) is 8.07. The monoisotopic (exact) mass is 303 g/mol. The molecule has 2 aliphatic heterocycles. The van der Waals surface area contributed by atoms with E-state index in [1.165, 1.54) is 6.42 Å². The van der Waals surface area contributed by atoms with Crippen LogP contribution in [-0.2, 0) is 4.74 Å². The van der Waals surface area contributed by atoms with Crippen molar-refractivity contribution in [2.45, 2.75) is 44.4 Å². The van der Waals surface area contributed by atoms with E-state index in [4.69, 9.17) is 9.47 Å². The molecule has 0 aromatic heterocycles. The minimum absolute atomic E-state index is 0.353. The van der Waals surface area contributed by atoms with Crippen LogP contribution in [0.2, 0.25) is 0 Å². The second-order valence-corrected chi connectivity index (χ2v) is 5.97. The number of rotatable bonds is 5. The number of hydrogen-bond donors (Lipinski definition) is 2. The number of nitrogens with one attached hydrogen (secondary N) is 2. The summed E-state index contributed by atoms with van der Waals surface area (Å²) >= 11 is 0. The Bertz CT molecular complexity index is 532. The second kappa shape index (κ2) is 7.01. The zero-order chi connectivity index (χ0) is 15.4. The highest BCUT2D eigenvalue weighted by Gasteiger charge is 2.41. The highest BCUT2D eigenvalue weighted by atomic mass is 16.5. The van der Waals surface area contributed by atoms with Gasteiger partial charge in [0.15, 0.2) is 5.96 Å². The zero-order valence-electron chi connectivity index (χ0n) is 13.3. The molecule has 3 atom stereocenters. The first kappa shape index (κ1) is 15.2. The van der Waals surface area contributed by atoms with Gasteiger partial charge in [-0.05, 0) is 37.8 Å². The molecule has 2 N–H and O–H groups in total. The van der Waals surface area contributed by atoms with Crippen molar-refractivity contribution in [2.24, 2.45) is 4.99 Å². The number of aliphatic imine (C=N–C) groups is 1. The van der Waals surface area contributed by atoms with Crippen molar-refractivity contribution in [3.63, 3.8) is 0 Å². The van der Waals surface area contributed by atoms with E-state index in [2.05, 4.69) is 28.6 Å². The number of nitrogens with zero attached hydrogens (tertiary/aromatic N) is 1. The molecule has 1 aromatic carbocycles. The Labute approximate surface area is 132 Å². The normalized spacial score (nSPS) is 27.0. The average Bonchev–Trinajstić information content (AvgIpc) is 3.14. The third-order valence-corrected chi connectivity index (χ3v) is 4.40. The van der Waals surface area contributed by atoms with Crippen LogP contribution in [0.4, 0.5) is 0 Å². The van der Waals surface area contributed by atoms with E-state index in [0.29, 0.717) is 24.9 Å². The van der Waals surface area contributed by atoms with Gasteiger partial charge in [-0.15, -0.1) is 0 Å². The van der Waals surface area contributed by atoms with Crippen LogP contribution in [0.5, 0.6) is 5.75 Å². The van der Waals surface area contributed by atoms with E-state index in [1.807, 2.05) is 18.2 Å². The predicted molar refractivity (Wildman–Crippen MR) is 87.5 cm³/mol. The summed E-state index contributed by atoms with van der Waals surface area (Å²) in [6.07, 6.45) is 4.26. The van der Waals surface area contributed by atoms with E-state index in [0.717, 1.165) is 36.7 Å². The van der Waals surface area contributed by atoms with Gasteiger partial charge in [-0.3, -0.25) is 4.99 Å². The van der Waals surface area contributed by atoms with Gasteiger partial charge in [-0.2, -0.15) is 0 Å². The number of benzene rings is 1. The average molecular weight is 303 g/mol. The fraction of sp³-hybridized carbons (Fsp3) is 0.588. The van der Waals surface area contributed by atoms with Gasteiger partial charge in [0.2, 0.25) is 0 Å². The Morgan fingerprint density at radius 2 is 2.23 bits per heavy atom. The molecule has 2 saturated heterocycles. The number of para-hydroxylation sites is 1. The largest absolute Gasteiger partial charge is 0.491 e. The Balaban J connectivity index is 1.39. The van der Waals surface area contributed by atoms with Crippen LogP contribution in [0.15, 0.2) is 29.3 Å².